The van der Waals surface area contributed by atoms with Crippen molar-refractivity contribution in [3.63, 3.8) is 0 Å². The van der Waals surface area contributed by atoms with Crippen molar-refractivity contribution in [1.82, 2.24) is 0 Å². The van der Waals surface area contributed by atoms with E-state index in [-0.39, 0.29) is 18.5 Å². The van der Waals surface area contributed by atoms with Crippen LogP contribution in [0.1, 0.15) is 42.5 Å². The van der Waals surface area contributed by atoms with E-state index in [2.05, 4.69) is 10.6 Å². The summed E-state index contributed by atoms with van der Waals surface area (Å²) in [5, 5.41) is 5.48. The van der Waals surface area contributed by atoms with Gasteiger partial charge >= 0.3 is 5.97 Å². The van der Waals surface area contributed by atoms with E-state index >= 15 is 0 Å². The molecule has 30 heavy (non-hydrogen) atoms. The van der Waals surface area contributed by atoms with Crippen molar-refractivity contribution in [2.75, 3.05) is 17.2 Å². The van der Waals surface area contributed by atoms with Crippen LogP contribution in [0.15, 0.2) is 54.6 Å². The number of esters is 1. The van der Waals surface area contributed by atoms with Gasteiger partial charge in [0.15, 0.2) is 6.61 Å². The Labute approximate surface area is 176 Å². The Morgan fingerprint density at radius 3 is 2.40 bits per heavy atom. The average molecular weight is 406 g/mol. The van der Waals surface area contributed by atoms with E-state index < -0.39 is 5.91 Å². The number of ether oxygens (including phenoxy) is 1. The number of nitrogens with one attached hydrogen (secondary N) is 2. The summed E-state index contributed by atoms with van der Waals surface area (Å²) in [6.07, 6.45) is 5.24. The third kappa shape index (κ3) is 4.87. The summed E-state index contributed by atoms with van der Waals surface area (Å²) in [7, 11) is 0. The van der Waals surface area contributed by atoms with Gasteiger partial charge in [-0.15, -0.1) is 0 Å². The molecule has 0 spiro atoms. The molecule has 2 aromatic rings. The van der Waals surface area contributed by atoms with Crippen LogP contribution in [0.25, 0.3) is 0 Å². The maximum Gasteiger partial charge on any atom is 0.306 e. The largest absolute Gasteiger partial charge is 0.456 e. The number of benzene rings is 2. The van der Waals surface area contributed by atoms with Crippen molar-refractivity contribution in [2.24, 2.45) is 17.8 Å². The summed E-state index contributed by atoms with van der Waals surface area (Å²) < 4.78 is 5.19. The maximum absolute atomic E-state index is 12.6. The monoisotopic (exact) mass is 406 g/mol. The number of carbonyl (C=O) groups is 3. The van der Waals surface area contributed by atoms with Gasteiger partial charge in [0, 0.05) is 12.1 Å². The third-order valence-corrected chi connectivity index (χ3v) is 6.16. The van der Waals surface area contributed by atoms with E-state index in [0.717, 1.165) is 12.3 Å². The SMILES string of the molecule is O=C(COC(=O)C[C@@H]1C[C@@H]2CC[C@@H]1C2)Nc1ccccc1C(=O)Nc1ccccc1. The van der Waals surface area contributed by atoms with Crippen LogP contribution < -0.4 is 10.6 Å². The Kier molecular flexibility index (Phi) is 6.12. The second-order valence-electron chi connectivity index (χ2n) is 8.21. The van der Waals surface area contributed by atoms with Crippen LogP contribution in [0.2, 0.25) is 0 Å². The highest BCUT2D eigenvalue weighted by Crippen LogP contribution is 2.49. The summed E-state index contributed by atoms with van der Waals surface area (Å²) >= 11 is 0. The molecule has 2 aliphatic carbocycles. The minimum absolute atomic E-state index is 0.321. The fourth-order valence-electron chi connectivity index (χ4n) is 4.74. The van der Waals surface area contributed by atoms with Crippen LogP contribution in [-0.4, -0.2) is 24.4 Å². The van der Waals surface area contributed by atoms with Gasteiger partial charge in [0.05, 0.1) is 11.3 Å². The third-order valence-electron chi connectivity index (χ3n) is 6.16. The molecule has 2 aromatic carbocycles. The molecule has 6 heteroatoms. The standard InChI is InChI=1S/C24H26N2O4/c27-22(15-30-23(28)14-18-13-16-10-11-17(18)12-16)26-21-9-5-4-8-20(21)24(29)25-19-6-2-1-3-7-19/h1-9,16-18H,10-15H2,(H,25,29)(H,26,27)/t16-,17-,18+/m1/s1. The Hall–Kier alpha value is -3.15. The van der Waals surface area contributed by atoms with Crippen LogP contribution in [-0.2, 0) is 14.3 Å². The maximum atomic E-state index is 12.6. The van der Waals surface area contributed by atoms with E-state index in [1.165, 1.54) is 19.3 Å². The smallest absolute Gasteiger partial charge is 0.306 e. The highest BCUT2D eigenvalue weighted by Gasteiger charge is 2.40. The highest BCUT2D eigenvalue weighted by molar-refractivity contribution is 6.10. The van der Waals surface area contributed by atoms with Gasteiger partial charge < -0.3 is 15.4 Å². The molecule has 0 radical (unpaired) electrons. The van der Waals surface area contributed by atoms with E-state index in [4.69, 9.17) is 4.74 Å². The molecule has 2 saturated carbocycles. The summed E-state index contributed by atoms with van der Waals surface area (Å²) in [4.78, 5) is 37.0. The first-order chi connectivity index (χ1) is 14.6. The van der Waals surface area contributed by atoms with Gasteiger partial charge in [-0.1, -0.05) is 36.8 Å². The highest BCUT2D eigenvalue weighted by atomic mass is 16.5. The zero-order chi connectivity index (χ0) is 20.9. The summed E-state index contributed by atoms with van der Waals surface area (Å²) in [5.74, 6) is 0.710. The number of para-hydroxylation sites is 2. The molecule has 0 heterocycles. The molecule has 2 bridgehead atoms. The van der Waals surface area contributed by atoms with Gasteiger partial charge in [0.1, 0.15) is 0 Å². The van der Waals surface area contributed by atoms with Gasteiger partial charge in [-0.3, -0.25) is 14.4 Å². The van der Waals surface area contributed by atoms with E-state index in [0.29, 0.717) is 35.2 Å². The Morgan fingerprint density at radius 1 is 0.900 bits per heavy atom. The van der Waals surface area contributed by atoms with Gasteiger partial charge in [-0.25, -0.2) is 0 Å². The minimum Gasteiger partial charge on any atom is -0.456 e. The van der Waals surface area contributed by atoms with Crippen molar-refractivity contribution >= 4 is 29.2 Å². The Bertz CT molecular complexity index is 928. The minimum atomic E-state index is -0.462. The van der Waals surface area contributed by atoms with Gasteiger partial charge in [-0.2, -0.15) is 0 Å². The zero-order valence-corrected chi connectivity index (χ0v) is 16.8. The lowest BCUT2D eigenvalue weighted by Crippen LogP contribution is -2.24. The molecule has 0 aromatic heterocycles. The van der Waals surface area contributed by atoms with Gasteiger partial charge in [0.25, 0.3) is 11.8 Å². The van der Waals surface area contributed by atoms with Crippen molar-refractivity contribution in [3.8, 4) is 0 Å². The molecule has 4 rings (SSSR count). The Balaban J connectivity index is 1.29. The van der Waals surface area contributed by atoms with Crippen LogP contribution >= 0.6 is 0 Å². The molecule has 0 saturated heterocycles. The number of fused-ring (bicyclic) bond motifs is 2. The molecular formula is C24H26N2O4. The van der Waals surface area contributed by atoms with Crippen LogP contribution in [0, 0.1) is 17.8 Å². The van der Waals surface area contributed by atoms with Crippen LogP contribution in [0.5, 0.6) is 0 Å². The van der Waals surface area contributed by atoms with Gasteiger partial charge in [-0.05, 0) is 61.3 Å². The lowest BCUT2D eigenvalue weighted by molar-refractivity contribution is -0.148. The molecule has 2 amide bonds. The van der Waals surface area contributed by atoms with E-state index in [1.54, 1.807) is 36.4 Å². The van der Waals surface area contributed by atoms with Crippen molar-refractivity contribution in [1.29, 1.82) is 0 Å². The topological polar surface area (TPSA) is 84.5 Å². The predicted molar refractivity (Wildman–Crippen MR) is 114 cm³/mol. The van der Waals surface area contributed by atoms with Crippen LogP contribution in [0.3, 0.4) is 0 Å². The van der Waals surface area contributed by atoms with Crippen molar-refractivity contribution in [2.45, 2.75) is 32.1 Å². The first-order valence-electron chi connectivity index (χ1n) is 10.5. The number of carbonyl (C=O) groups excluding carboxylic acids is 3. The molecular weight excluding hydrogens is 380 g/mol. The lowest BCUT2D eigenvalue weighted by Gasteiger charge is -2.20. The van der Waals surface area contributed by atoms with Crippen molar-refractivity contribution < 1.29 is 19.1 Å². The first kappa shape index (κ1) is 20.1. The van der Waals surface area contributed by atoms with Crippen molar-refractivity contribution in [3.05, 3.63) is 60.2 Å². The van der Waals surface area contributed by atoms with Gasteiger partial charge in [0.2, 0.25) is 0 Å². The fourth-order valence-corrected chi connectivity index (χ4v) is 4.74. The number of rotatable bonds is 7. The summed E-state index contributed by atoms with van der Waals surface area (Å²) in [6, 6.07) is 15.8. The fraction of sp³-hybridized carbons (Fsp3) is 0.375. The predicted octanol–water partition coefficient (Wildman–Crippen LogP) is 4.25. The quantitative estimate of drug-likeness (QED) is 0.674. The Morgan fingerprint density at radius 2 is 1.67 bits per heavy atom. The number of hydrogen-bond acceptors (Lipinski definition) is 4. The molecule has 2 N–H and O–H groups in total. The molecule has 0 unspecified atom stereocenters. The zero-order valence-electron chi connectivity index (χ0n) is 16.8. The van der Waals surface area contributed by atoms with E-state index in [9.17, 15) is 14.4 Å². The number of anilines is 2. The van der Waals surface area contributed by atoms with Crippen LogP contribution in [0.4, 0.5) is 11.4 Å². The van der Waals surface area contributed by atoms with E-state index in [1.807, 2.05) is 18.2 Å². The number of hydrogen-bond donors (Lipinski definition) is 2. The first-order valence-corrected chi connectivity index (χ1v) is 10.5. The summed E-state index contributed by atoms with van der Waals surface area (Å²) in [6.45, 7) is -0.353. The second-order valence-corrected chi connectivity index (χ2v) is 8.21. The second kappa shape index (κ2) is 9.11. The average Bonchev–Trinajstić information content (AvgIpc) is 3.36. The number of amides is 2. The molecule has 156 valence electrons. The molecule has 3 atom stereocenters. The summed E-state index contributed by atoms with van der Waals surface area (Å²) in [5.41, 5.74) is 1.38. The molecule has 2 fully saturated rings. The lowest BCUT2D eigenvalue weighted by atomic mass is 9.86. The normalized spacial score (nSPS) is 21.8. The molecule has 2 aliphatic rings. The molecule has 0 aliphatic heterocycles. The molecule has 6 nitrogen and oxygen atoms in total.